The molecule has 2 aromatic carbocycles. The van der Waals surface area contributed by atoms with Gasteiger partial charge < -0.3 is 11.1 Å². The van der Waals surface area contributed by atoms with Crippen LogP contribution in [0.5, 0.6) is 0 Å². The molecule has 0 aromatic heterocycles. The number of hydrogen-bond acceptors (Lipinski definition) is 3. The standard InChI is InChI=1S/C14H13ClN2O/c1-9(18)10-3-2-4-12(7-10)17-14-6-5-11(15)8-13(14)16/h2-8,17H,16H2,1H3. The van der Waals surface area contributed by atoms with Gasteiger partial charge in [-0.1, -0.05) is 23.7 Å². The molecule has 0 spiro atoms. The molecule has 18 heavy (non-hydrogen) atoms. The van der Waals surface area contributed by atoms with Crippen molar-refractivity contribution in [2.24, 2.45) is 0 Å². The summed E-state index contributed by atoms with van der Waals surface area (Å²) in [5.41, 5.74) is 8.66. The molecule has 0 aliphatic rings. The number of ketones is 1. The molecule has 0 bridgehead atoms. The van der Waals surface area contributed by atoms with Crippen molar-refractivity contribution in [1.82, 2.24) is 0 Å². The van der Waals surface area contributed by atoms with Crippen LogP contribution in [0.1, 0.15) is 17.3 Å². The molecule has 0 radical (unpaired) electrons. The van der Waals surface area contributed by atoms with E-state index < -0.39 is 0 Å². The summed E-state index contributed by atoms with van der Waals surface area (Å²) in [6.07, 6.45) is 0. The number of carbonyl (C=O) groups is 1. The summed E-state index contributed by atoms with van der Waals surface area (Å²) in [6, 6.07) is 12.5. The van der Waals surface area contributed by atoms with E-state index in [4.69, 9.17) is 17.3 Å². The lowest BCUT2D eigenvalue weighted by molar-refractivity contribution is 0.101. The Kier molecular flexibility index (Phi) is 3.53. The number of Topliss-reactive ketones (excluding diaryl/α,β-unsaturated/α-hetero) is 1. The number of nitrogen functional groups attached to an aromatic ring is 1. The van der Waals surface area contributed by atoms with Gasteiger partial charge in [0.25, 0.3) is 0 Å². The van der Waals surface area contributed by atoms with Crippen molar-refractivity contribution >= 4 is 34.4 Å². The zero-order valence-electron chi connectivity index (χ0n) is 9.91. The number of hydrogen-bond donors (Lipinski definition) is 2. The fraction of sp³-hybridized carbons (Fsp3) is 0.0714. The smallest absolute Gasteiger partial charge is 0.159 e. The first-order valence-corrected chi connectivity index (χ1v) is 5.87. The third kappa shape index (κ3) is 2.81. The lowest BCUT2D eigenvalue weighted by Crippen LogP contribution is -1.98. The van der Waals surface area contributed by atoms with E-state index in [-0.39, 0.29) is 5.78 Å². The zero-order chi connectivity index (χ0) is 13.1. The fourth-order valence-electron chi connectivity index (χ4n) is 1.62. The van der Waals surface area contributed by atoms with Crippen molar-refractivity contribution < 1.29 is 4.79 Å². The van der Waals surface area contributed by atoms with Gasteiger partial charge in [0, 0.05) is 16.3 Å². The minimum absolute atomic E-state index is 0.0303. The second-order valence-electron chi connectivity index (χ2n) is 3.99. The Labute approximate surface area is 111 Å². The molecule has 2 aromatic rings. The summed E-state index contributed by atoms with van der Waals surface area (Å²) in [5, 5.41) is 3.75. The number of nitrogens with one attached hydrogen (secondary N) is 1. The largest absolute Gasteiger partial charge is 0.397 e. The average molecular weight is 261 g/mol. The highest BCUT2D eigenvalue weighted by atomic mass is 35.5. The van der Waals surface area contributed by atoms with E-state index in [1.807, 2.05) is 12.1 Å². The second kappa shape index (κ2) is 5.10. The summed E-state index contributed by atoms with van der Waals surface area (Å²) in [4.78, 5) is 11.3. The zero-order valence-corrected chi connectivity index (χ0v) is 10.7. The summed E-state index contributed by atoms with van der Waals surface area (Å²) in [7, 11) is 0. The van der Waals surface area contributed by atoms with Gasteiger partial charge in [0.2, 0.25) is 0 Å². The third-order valence-corrected chi connectivity index (χ3v) is 2.80. The van der Waals surface area contributed by atoms with Crippen LogP contribution in [0.25, 0.3) is 0 Å². The van der Waals surface area contributed by atoms with Crippen LogP contribution < -0.4 is 11.1 Å². The van der Waals surface area contributed by atoms with Crippen LogP contribution in [0.2, 0.25) is 5.02 Å². The van der Waals surface area contributed by atoms with Gasteiger partial charge in [0.05, 0.1) is 11.4 Å². The van der Waals surface area contributed by atoms with E-state index in [0.717, 1.165) is 11.4 Å². The van der Waals surface area contributed by atoms with Crippen LogP contribution in [0, 0.1) is 0 Å². The van der Waals surface area contributed by atoms with Crippen LogP contribution in [-0.2, 0) is 0 Å². The van der Waals surface area contributed by atoms with E-state index in [1.54, 1.807) is 30.3 Å². The molecule has 0 saturated heterocycles. The maximum Gasteiger partial charge on any atom is 0.159 e. The van der Waals surface area contributed by atoms with Crippen molar-refractivity contribution in [3.8, 4) is 0 Å². The first-order valence-electron chi connectivity index (χ1n) is 5.49. The Morgan fingerprint density at radius 1 is 1.22 bits per heavy atom. The number of benzene rings is 2. The van der Waals surface area contributed by atoms with Crippen molar-refractivity contribution in [2.45, 2.75) is 6.92 Å². The van der Waals surface area contributed by atoms with Gasteiger partial charge in [-0.15, -0.1) is 0 Å². The van der Waals surface area contributed by atoms with Gasteiger partial charge >= 0.3 is 0 Å². The van der Waals surface area contributed by atoms with Gasteiger partial charge in [-0.2, -0.15) is 0 Å². The highest BCUT2D eigenvalue weighted by Crippen LogP contribution is 2.26. The van der Waals surface area contributed by atoms with Crippen LogP contribution >= 0.6 is 11.6 Å². The Balaban J connectivity index is 2.28. The van der Waals surface area contributed by atoms with E-state index in [1.165, 1.54) is 6.92 Å². The van der Waals surface area contributed by atoms with Gasteiger partial charge in [0.1, 0.15) is 0 Å². The Bertz CT molecular complexity index is 596. The SMILES string of the molecule is CC(=O)c1cccc(Nc2ccc(Cl)cc2N)c1. The normalized spacial score (nSPS) is 10.1. The minimum atomic E-state index is 0.0303. The lowest BCUT2D eigenvalue weighted by Gasteiger charge is -2.10. The first kappa shape index (κ1) is 12.5. The molecule has 3 nitrogen and oxygen atoms in total. The van der Waals surface area contributed by atoms with Gasteiger partial charge in [-0.25, -0.2) is 0 Å². The fourth-order valence-corrected chi connectivity index (χ4v) is 1.80. The van der Waals surface area contributed by atoms with Gasteiger partial charge in [-0.05, 0) is 37.3 Å². The van der Waals surface area contributed by atoms with Crippen molar-refractivity contribution in [3.05, 3.63) is 53.1 Å². The van der Waals surface area contributed by atoms with Crippen molar-refractivity contribution in [3.63, 3.8) is 0 Å². The van der Waals surface area contributed by atoms with E-state index in [2.05, 4.69) is 5.32 Å². The van der Waals surface area contributed by atoms with Gasteiger partial charge in [0.15, 0.2) is 5.78 Å². The average Bonchev–Trinajstić information content (AvgIpc) is 2.33. The lowest BCUT2D eigenvalue weighted by atomic mass is 10.1. The highest BCUT2D eigenvalue weighted by molar-refractivity contribution is 6.31. The Hall–Kier alpha value is -2.00. The summed E-state index contributed by atoms with van der Waals surface area (Å²) >= 11 is 5.83. The van der Waals surface area contributed by atoms with Crippen LogP contribution in [0.15, 0.2) is 42.5 Å². The molecule has 0 saturated carbocycles. The van der Waals surface area contributed by atoms with Crippen LogP contribution in [-0.4, -0.2) is 5.78 Å². The maximum atomic E-state index is 11.3. The molecule has 4 heteroatoms. The molecule has 3 N–H and O–H groups in total. The molecule has 0 aliphatic heterocycles. The molecule has 0 amide bonds. The predicted molar refractivity (Wildman–Crippen MR) is 75.6 cm³/mol. The molecule has 0 fully saturated rings. The molecule has 0 heterocycles. The number of rotatable bonds is 3. The van der Waals surface area contributed by atoms with Crippen LogP contribution in [0.3, 0.4) is 0 Å². The molecule has 0 unspecified atom stereocenters. The molecule has 92 valence electrons. The molecule has 0 atom stereocenters. The molecule has 0 aliphatic carbocycles. The number of anilines is 3. The predicted octanol–water partition coefficient (Wildman–Crippen LogP) is 3.87. The number of nitrogens with two attached hydrogens (primary N) is 1. The first-order chi connectivity index (χ1) is 8.56. The highest BCUT2D eigenvalue weighted by Gasteiger charge is 2.03. The summed E-state index contributed by atoms with van der Waals surface area (Å²) in [5.74, 6) is 0.0303. The van der Waals surface area contributed by atoms with Gasteiger partial charge in [-0.3, -0.25) is 4.79 Å². The topological polar surface area (TPSA) is 55.1 Å². The van der Waals surface area contributed by atoms with Crippen molar-refractivity contribution in [1.29, 1.82) is 0 Å². The van der Waals surface area contributed by atoms with Crippen molar-refractivity contribution in [2.75, 3.05) is 11.1 Å². The monoisotopic (exact) mass is 260 g/mol. The van der Waals surface area contributed by atoms with E-state index in [9.17, 15) is 4.79 Å². The summed E-state index contributed by atoms with van der Waals surface area (Å²) < 4.78 is 0. The number of halogens is 1. The summed E-state index contributed by atoms with van der Waals surface area (Å²) in [6.45, 7) is 1.54. The van der Waals surface area contributed by atoms with E-state index in [0.29, 0.717) is 16.3 Å². The third-order valence-electron chi connectivity index (χ3n) is 2.56. The Morgan fingerprint density at radius 2 is 2.00 bits per heavy atom. The molecule has 2 rings (SSSR count). The number of carbonyl (C=O) groups excluding carboxylic acids is 1. The second-order valence-corrected chi connectivity index (χ2v) is 4.43. The Morgan fingerprint density at radius 3 is 2.67 bits per heavy atom. The molecular weight excluding hydrogens is 248 g/mol. The van der Waals surface area contributed by atoms with Crippen LogP contribution in [0.4, 0.5) is 17.1 Å². The maximum absolute atomic E-state index is 11.3. The molecular formula is C14H13ClN2O. The quantitative estimate of drug-likeness (QED) is 0.651. The van der Waals surface area contributed by atoms with E-state index >= 15 is 0 Å². The minimum Gasteiger partial charge on any atom is -0.397 e.